The second kappa shape index (κ2) is 6.02. The monoisotopic (exact) mass is 313 g/mol. The highest BCUT2D eigenvalue weighted by Gasteiger charge is 2.36. The van der Waals surface area contributed by atoms with Crippen molar-refractivity contribution in [3.63, 3.8) is 0 Å². The SMILES string of the molecule is Cc1ccc(C(=O)N2CCC[C@@H](C(=O)O)[C@H]2C)c(F)c1Cl. The predicted octanol–water partition coefficient (Wildman–Crippen LogP) is 3.11. The van der Waals surface area contributed by atoms with Crippen molar-refractivity contribution in [1.29, 1.82) is 0 Å². The van der Waals surface area contributed by atoms with Gasteiger partial charge in [-0.15, -0.1) is 0 Å². The molecule has 1 aromatic carbocycles. The minimum Gasteiger partial charge on any atom is -0.481 e. The Balaban J connectivity index is 2.31. The van der Waals surface area contributed by atoms with E-state index in [0.29, 0.717) is 24.9 Å². The van der Waals surface area contributed by atoms with E-state index in [4.69, 9.17) is 11.6 Å². The molecular weight excluding hydrogens is 297 g/mol. The van der Waals surface area contributed by atoms with Gasteiger partial charge in [-0.05, 0) is 38.3 Å². The van der Waals surface area contributed by atoms with Crippen molar-refractivity contribution in [2.24, 2.45) is 5.92 Å². The van der Waals surface area contributed by atoms with Gasteiger partial charge in [0.15, 0.2) is 5.82 Å². The maximum Gasteiger partial charge on any atom is 0.308 e. The van der Waals surface area contributed by atoms with Crippen molar-refractivity contribution >= 4 is 23.5 Å². The highest BCUT2D eigenvalue weighted by atomic mass is 35.5. The summed E-state index contributed by atoms with van der Waals surface area (Å²) < 4.78 is 14.2. The Morgan fingerprint density at radius 3 is 2.71 bits per heavy atom. The fourth-order valence-electron chi connectivity index (χ4n) is 2.73. The first-order valence-corrected chi connectivity index (χ1v) is 7.20. The quantitative estimate of drug-likeness (QED) is 0.912. The molecule has 2 rings (SSSR count). The van der Waals surface area contributed by atoms with Crippen LogP contribution < -0.4 is 0 Å². The number of aliphatic carboxylic acids is 1. The topological polar surface area (TPSA) is 57.6 Å². The summed E-state index contributed by atoms with van der Waals surface area (Å²) in [6.45, 7) is 3.77. The predicted molar refractivity (Wildman–Crippen MR) is 77.0 cm³/mol. The van der Waals surface area contributed by atoms with E-state index in [1.165, 1.54) is 11.0 Å². The summed E-state index contributed by atoms with van der Waals surface area (Å²) in [4.78, 5) is 25.1. The maximum absolute atomic E-state index is 14.2. The summed E-state index contributed by atoms with van der Waals surface area (Å²) in [5.41, 5.74) is 0.448. The average molecular weight is 314 g/mol. The van der Waals surface area contributed by atoms with E-state index in [2.05, 4.69) is 0 Å². The lowest BCUT2D eigenvalue weighted by Gasteiger charge is -2.37. The van der Waals surface area contributed by atoms with Crippen molar-refractivity contribution < 1.29 is 19.1 Å². The number of carbonyl (C=O) groups is 2. The van der Waals surface area contributed by atoms with Gasteiger partial charge in [0.25, 0.3) is 5.91 Å². The minimum absolute atomic E-state index is 0.0692. The first kappa shape index (κ1) is 15.8. The number of nitrogens with zero attached hydrogens (tertiary/aromatic N) is 1. The summed E-state index contributed by atoms with van der Waals surface area (Å²) >= 11 is 5.84. The molecule has 21 heavy (non-hydrogen) atoms. The number of rotatable bonds is 2. The first-order chi connectivity index (χ1) is 9.84. The summed E-state index contributed by atoms with van der Waals surface area (Å²) in [5, 5.41) is 9.11. The van der Waals surface area contributed by atoms with Crippen LogP contribution in [-0.2, 0) is 4.79 Å². The summed E-state index contributed by atoms with van der Waals surface area (Å²) in [5.74, 6) is -2.80. The molecule has 0 saturated carbocycles. The van der Waals surface area contributed by atoms with E-state index in [0.717, 1.165) is 0 Å². The van der Waals surface area contributed by atoms with Crippen LogP contribution in [0.1, 0.15) is 35.7 Å². The van der Waals surface area contributed by atoms with Gasteiger partial charge in [-0.3, -0.25) is 9.59 Å². The molecule has 2 atom stereocenters. The molecule has 4 nitrogen and oxygen atoms in total. The second-order valence-corrected chi connectivity index (χ2v) is 5.76. The van der Waals surface area contributed by atoms with Crippen molar-refractivity contribution in [1.82, 2.24) is 4.90 Å². The zero-order valence-electron chi connectivity index (χ0n) is 11.9. The number of benzene rings is 1. The second-order valence-electron chi connectivity index (χ2n) is 5.38. The molecule has 0 aliphatic carbocycles. The molecule has 0 aromatic heterocycles. The van der Waals surface area contributed by atoms with Gasteiger partial charge in [0, 0.05) is 12.6 Å². The molecule has 6 heteroatoms. The molecule has 1 fully saturated rings. The molecule has 0 bridgehead atoms. The highest BCUT2D eigenvalue weighted by Crippen LogP contribution is 2.28. The van der Waals surface area contributed by atoms with Crippen LogP contribution in [0, 0.1) is 18.7 Å². The number of carbonyl (C=O) groups excluding carboxylic acids is 1. The Bertz CT molecular complexity index is 591. The molecule has 114 valence electrons. The lowest BCUT2D eigenvalue weighted by molar-refractivity contribution is -0.144. The average Bonchev–Trinajstić information content (AvgIpc) is 2.44. The molecule has 1 aliphatic rings. The molecule has 1 aromatic rings. The third-order valence-electron chi connectivity index (χ3n) is 4.07. The highest BCUT2D eigenvalue weighted by molar-refractivity contribution is 6.31. The van der Waals surface area contributed by atoms with E-state index in [9.17, 15) is 19.1 Å². The fourth-order valence-corrected chi connectivity index (χ4v) is 2.89. The Kier molecular flexibility index (Phi) is 4.52. The lowest BCUT2D eigenvalue weighted by atomic mass is 9.89. The zero-order valence-corrected chi connectivity index (χ0v) is 12.7. The molecule has 0 spiro atoms. The normalized spacial score (nSPS) is 22.2. The van der Waals surface area contributed by atoms with Crippen LogP contribution in [-0.4, -0.2) is 34.5 Å². The number of hydrogen-bond acceptors (Lipinski definition) is 2. The Hall–Kier alpha value is -1.62. The van der Waals surface area contributed by atoms with Gasteiger partial charge in [-0.25, -0.2) is 4.39 Å². The van der Waals surface area contributed by atoms with E-state index in [1.807, 2.05) is 0 Å². The number of amides is 1. The van der Waals surface area contributed by atoms with Crippen LogP contribution in [0.2, 0.25) is 5.02 Å². The van der Waals surface area contributed by atoms with Gasteiger partial charge in [-0.2, -0.15) is 0 Å². The molecule has 0 radical (unpaired) electrons. The van der Waals surface area contributed by atoms with E-state index in [-0.39, 0.29) is 10.6 Å². The Morgan fingerprint density at radius 1 is 1.43 bits per heavy atom. The number of carboxylic acid groups (broad SMARTS) is 1. The Labute approximate surface area is 127 Å². The van der Waals surface area contributed by atoms with Gasteiger partial charge < -0.3 is 10.0 Å². The third kappa shape index (κ3) is 2.88. The first-order valence-electron chi connectivity index (χ1n) is 6.83. The molecule has 1 amide bonds. The largest absolute Gasteiger partial charge is 0.481 e. The van der Waals surface area contributed by atoms with E-state index >= 15 is 0 Å². The number of hydrogen-bond donors (Lipinski definition) is 1. The van der Waals surface area contributed by atoms with Gasteiger partial charge in [0.1, 0.15) is 0 Å². The van der Waals surface area contributed by atoms with Crippen LogP contribution in [0.4, 0.5) is 4.39 Å². The van der Waals surface area contributed by atoms with Crippen molar-refractivity contribution in [3.05, 3.63) is 34.1 Å². The number of likely N-dealkylation sites (tertiary alicyclic amines) is 1. The number of halogens is 2. The minimum atomic E-state index is -0.928. The fraction of sp³-hybridized carbons (Fsp3) is 0.467. The molecule has 0 unspecified atom stereocenters. The summed E-state index contributed by atoms with van der Waals surface area (Å²) in [7, 11) is 0. The van der Waals surface area contributed by atoms with Crippen LogP contribution >= 0.6 is 11.6 Å². The van der Waals surface area contributed by atoms with Crippen molar-refractivity contribution in [2.75, 3.05) is 6.54 Å². The lowest BCUT2D eigenvalue weighted by Crippen LogP contribution is -2.49. The van der Waals surface area contributed by atoms with Crippen LogP contribution in [0.3, 0.4) is 0 Å². The smallest absolute Gasteiger partial charge is 0.308 e. The Morgan fingerprint density at radius 2 is 2.10 bits per heavy atom. The summed E-state index contributed by atoms with van der Waals surface area (Å²) in [6.07, 6.45) is 1.12. The number of aryl methyl sites for hydroxylation is 1. The molecule has 1 heterocycles. The third-order valence-corrected chi connectivity index (χ3v) is 4.54. The number of piperidine rings is 1. The molecule has 1 N–H and O–H groups in total. The van der Waals surface area contributed by atoms with E-state index < -0.39 is 29.7 Å². The summed E-state index contributed by atoms with van der Waals surface area (Å²) in [6, 6.07) is 2.51. The van der Waals surface area contributed by atoms with Crippen molar-refractivity contribution in [3.8, 4) is 0 Å². The number of carboxylic acids is 1. The molecule has 1 saturated heterocycles. The van der Waals surface area contributed by atoms with Crippen LogP contribution in [0.25, 0.3) is 0 Å². The van der Waals surface area contributed by atoms with Gasteiger partial charge >= 0.3 is 5.97 Å². The zero-order chi connectivity index (χ0) is 15.7. The molecule has 1 aliphatic heterocycles. The molecular formula is C15H17ClFNO3. The van der Waals surface area contributed by atoms with E-state index in [1.54, 1.807) is 19.9 Å². The maximum atomic E-state index is 14.2. The van der Waals surface area contributed by atoms with Gasteiger partial charge in [0.2, 0.25) is 0 Å². The van der Waals surface area contributed by atoms with Gasteiger partial charge in [-0.1, -0.05) is 17.7 Å². The standard InChI is InChI=1S/C15H17ClFNO3/c1-8-5-6-11(13(17)12(8)16)14(19)18-7-3-4-10(9(18)2)15(20)21/h5-6,9-10H,3-4,7H2,1-2H3,(H,20,21)/t9-,10-/m1/s1. The van der Waals surface area contributed by atoms with Gasteiger partial charge in [0.05, 0.1) is 16.5 Å². The van der Waals surface area contributed by atoms with Crippen molar-refractivity contribution in [2.45, 2.75) is 32.7 Å². The van der Waals surface area contributed by atoms with Crippen LogP contribution in [0.5, 0.6) is 0 Å². The van der Waals surface area contributed by atoms with Crippen LogP contribution in [0.15, 0.2) is 12.1 Å².